The van der Waals surface area contributed by atoms with E-state index < -0.39 is 0 Å². The molecule has 0 radical (unpaired) electrons. The van der Waals surface area contributed by atoms with Crippen molar-refractivity contribution in [1.29, 1.82) is 0 Å². The lowest BCUT2D eigenvalue weighted by Crippen LogP contribution is -2.23. The number of phenolic OH excluding ortho intramolecular Hbond substituents is 1. The summed E-state index contributed by atoms with van der Waals surface area (Å²) in [7, 11) is 0. The monoisotopic (exact) mass is 321 g/mol. The lowest BCUT2D eigenvalue weighted by molar-refractivity contribution is 0.465. The van der Waals surface area contributed by atoms with Gasteiger partial charge in [-0.15, -0.1) is 0 Å². The first-order valence-corrected chi connectivity index (χ1v) is 7.83. The molecule has 2 N–H and O–H groups in total. The van der Waals surface area contributed by atoms with Gasteiger partial charge in [0, 0.05) is 22.1 Å². The molecular weight excluding hydrogens is 305 g/mol. The molecule has 0 fully saturated rings. The molecule has 0 saturated heterocycles. The van der Waals surface area contributed by atoms with Crippen LogP contribution >= 0.6 is 23.2 Å². The molecule has 0 aromatic heterocycles. The standard InChI is InChI=1S/C17H17Cl2NO/c1-10(12-6-5-11(18)9-15(12)19)20-16-8-7-14-13(16)3-2-4-17(14)21/h2-6,9-10,16,20-21H,7-8H2,1H3. The zero-order chi connectivity index (χ0) is 15.0. The second-order valence-electron chi connectivity index (χ2n) is 5.49. The number of nitrogens with one attached hydrogen (secondary N) is 1. The molecule has 0 saturated carbocycles. The van der Waals surface area contributed by atoms with E-state index in [0.717, 1.165) is 24.0 Å². The first-order chi connectivity index (χ1) is 10.1. The van der Waals surface area contributed by atoms with Gasteiger partial charge in [-0.05, 0) is 54.7 Å². The first kappa shape index (κ1) is 14.7. The third-order valence-electron chi connectivity index (χ3n) is 4.13. The van der Waals surface area contributed by atoms with E-state index in [-0.39, 0.29) is 12.1 Å². The average Bonchev–Trinajstić information content (AvgIpc) is 2.83. The fourth-order valence-corrected chi connectivity index (χ4v) is 3.62. The Morgan fingerprint density at radius 1 is 1.24 bits per heavy atom. The number of benzene rings is 2. The van der Waals surface area contributed by atoms with Crippen LogP contribution in [0.15, 0.2) is 36.4 Å². The largest absolute Gasteiger partial charge is 0.508 e. The average molecular weight is 322 g/mol. The summed E-state index contributed by atoms with van der Waals surface area (Å²) in [5.74, 6) is 0.397. The minimum atomic E-state index is 0.119. The van der Waals surface area contributed by atoms with Crippen LogP contribution in [-0.4, -0.2) is 5.11 Å². The summed E-state index contributed by atoms with van der Waals surface area (Å²) in [6.45, 7) is 2.09. The smallest absolute Gasteiger partial charge is 0.119 e. The molecule has 2 nitrogen and oxygen atoms in total. The molecule has 2 aromatic carbocycles. The molecule has 1 aliphatic rings. The minimum absolute atomic E-state index is 0.119. The normalized spacial score (nSPS) is 18.5. The summed E-state index contributed by atoms with van der Waals surface area (Å²) in [5, 5.41) is 14.8. The van der Waals surface area contributed by atoms with Gasteiger partial charge in [0.25, 0.3) is 0 Å². The Morgan fingerprint density at radius 3 is 2.81 bits per heavy atom. The van der Waals surface area contributed by atoms with E-state index in [9.17, 15) is 5.11 Å². The number of halogens is 2. The Hall–Kier alpha value is -1.22. The van der Waals surface area contributed by atoms with Gasteiger partial charge in [0.05, 0.1) is 0 Å². The molecule has 4 heteroatoms. The van der Waals surface area contributed by atoms with Crippen molar-refractivity contribution < 1.29 is 5.11 Å². The van der Waals surface area contributed by atoms with Crippen LogP contribution in [0.1, 0.15) is 42.1 Å². The fourth-order valence-electron chi connectivity index (χ4n) is 3.05. The SMILES string of the molecule is CC(NC1CCc2c(O)cccc21)c1ccc(Cl)cc1Cl. The van der Waals surface area contributed by atoms with Gasteiger partial charge in [0.15, 0.2) is 0 Å². The molecule has 2 aromatic rings. The molecule has 3 rings (SSSR count). The predicted octanol–water partition coefficient (Wildman–Crippen LogP) is 5.04. The number of phenols is 1. The van der Waals surface area contributed by atoms with Crippen LogP contribution in [0.3, 0.4) is 0 Å². The van der Waals surface area contributed by atoms with Crippen molar-refractivity contribution in [2.45, 2.75) is 31.8 Å². The van der Waals surface area contributed by atoms with Crippen molar-refractivity contribution in [3.63, 3.8) is 0 Å². The van der Waals surface area contributed by atoms with E-state index >= 15 is 0 Å². The van der Waals surface area contributed by atoms with Gasteiger partial charge < -0.3 is 10.4 Å². The number of hydrogen-bond acceptors (Lipinski definition) is 2. The summed E-state index contributed by atoms with van der Waals surface area (Å²) in [6, 6.07) is 11.7. The third kappa shape index (κ3) is 2.89. The fraction of sp³-hybridized carbons (Fsp3) is 0.294. The number of rotatable bonds is 3. The molecule has 0 aliphatic heterocycles. The number of aromatic hydroxyl groups is 1. The summed E-state index contributed by atoms with van der Waals surface area (Å²) < 4.78 is 0. The van der Waals surface area contributed by atoms with Crippen LogP contribution in [0, 0.1) is 0 Å². The maximum Gasteiger partial charge on any atom is 0.119 e. The summed E-state index contributed by atoms with van der Waals surface area (Å²) in [6.07, 6.45) is 1.89. The lowest BCUT2D eigenvalue weighted by atomic mass is 10.0. The highest BCUT2D eigenvalue weighted by molar-refractivity contribution is 6.35. The van der Waals surface area contributed by atoms with Crippen molar-refractivity contribution in [1.82, 2.24) is 5.32 Å². The topological polar surface area (TPSA) is 32.3 Å². The van der Waals surface area contributed by atoms with Gasteiger partial charge in [-0.2, -0.15) is 0 Å². The van der Waals surface area contributed by atoms with Crippen LogP contribution in [0.5, 0.6) is 5.75 Å². The first-order valence-electron chi connectivity index (χ1n) is 7.08. The highest BCUT2D eigenvalue weighted by atomic mass is 35.5. The van der Waals surface area contributed by atoms with Crippen LogP contribution in [0.2, 0.25) is 10.0 Å². The maximum absolute atomic E-state index is 9.91. The van der Waals surface area contributed by atoms with Crippen molar-refractivity contribution in [2.75, 3.05) is 0 Å². The van der Waals surface area contributed by atoms with E-state index in [2.05, 4.69) is 18.3 Å². The van der Waals surface area contributed by atoms with Crippen LogP contribution in [-0.2, 0) is 6.42 Å². The molecule has 1 aliphatic carbocycles. The van der Waals surface area contributed by atoms with Gasteiger partial charge in [-0.1, -0.05) is 41.4 Å². The second kappa shape index (κ2) is 5.88. The van der Waals surface area contributed by atoms with Crippen LogP contribution in [0.25, 0.3) is 0 Å². The molecule has 0 heterocycles. The number of fused-ring (bicyclic) bond motifs is 1. The Morgan fingerprint density at radius 2 is 2.05 bits per heavy atom. The second-order valence-corrected chi connectivity index (χ2v) is 6.33. The molecule has 2 unspecified atom stereocenters. The Balaban J connectivity index is 1.81. The molecule has 21 heavy (non-hydrogen) atoms. The van der Waals surface area contributed by atoms with Gasteiger partial charge >= 0.3 is 0 Å². The molecule has 0 bridgehead atoms. The molecule has 0 spiro atoms. The van der Waals surface area contributed by atoms with E-state index in [1.807, 2.05) is 18.2 Å². The summed E-state index contributed by atoms with van der Waals surface area (Å²) >= 11 is 12.2. The number of hydrogen-bond donors (Lipinski definition) is 2. The lowest BCUT2D eigenvalue weighted by Gasteiger charge is -2.22. The van der Waals surface area contributed by atoms with E-state index in [1.54, 1.807) is 12.1 Å². The van der Waals surface area contributed by atoms with Gasteiger partial charge in [0.1, 0.15) is 5.75 Å². The maximum atomic E-state index is 9.91. The van der Waals surface area contributed by atoms with Crippen LogP contribution < -0.4 is 5.32 Å². The third-order valence-corrected chi connectivity index (χ3v) is 4.69. The van der Waals surface area contributed by atoms with E-state index in [4.69, 9.17) is 23.2 Å². The Kier molecular flexibility index (Phi) is 4.12. The van der Waals surface area contributed by atoms with Crippen molar-refractivity contribution in [3.05, 3.63) is 63.1 Å². The zero-order valence-corrected chi connectivity index (χ0v) is 13.2. The van der Waals surface area contributed by atoms with Crippen molar-refractivity contribution in [2.24, 2.45) is 0 Å². The van der Waals surface area contributed by atoms with Gasteiger partial charge in [-0.25, -0.2) is 0 Å². The quantitative estimate of drug-likeness (QED) is 0.830. The van der Waals surface area contributed by atoms with E-state index in [1.165, 1.54) is 5.56 Å². The Bertz CT molecular complexity index is 672. The molecular formula is C17H17Cl2NO. The minimum Gasteiger partial charge on any atom is -0.508 e. The predicted molar refractivity (Wildman–Crippen MR) is 87.2 cm³/mol. The molecule has 110 valence electrons. The molecule has 0 amide bonds. The van der Waals surface area contributed by atoms with Crippen LogP contribution in [0.4, 0.5) is 0 Å². The summed E-state index contributed by atoms with van der Waals surface area (Å²) in [4.78, 5) is 0. The highest BCUT2D eigenvalue weighted by Crippen LogP contribution is 2.38. The zero-order valence-electron chi connectivity index (χ0n) is 11.7. The van der Waals surface area contributed by atoms with Gasteiger partial charge in [0.2, 0.25) is 0 Å². The van der Waals surface area contributed by atoms with Crippen molar-refractivity contribution in [3.8, 4) is 5.75 Å². The highest BCUT2D eigenvalue weighted by Gasteiger charge is 2.26. The van der Waals surface area contributed by atoms with Crippen molar-refractivity contribution >= 4 is 23.2 Å². The van der Waals surface area contributed by atoms with Gasteiger partial charge in [-0.3, -0.25) is 0 Å². The molecule has 2 atom stereocenters. The summed E-state index contributed by atoms with van der Waals surface area (Å²) in [5.41, 5.74) is 3.28. The Labute approximate surface area is 134 Å². The van der Waals surface area contributed by atoms with E-state index in [0.29, 0.717) is 15.8 Å².